The normalized spacial score (nSPS) is 22.9. The Kier molecular flexibility index (Phi) is 6.13. The minimum absolute atomic E-state index is 0.207. The summed E-state index contributed by atoms with van der Waals surface area (Å²) in [6.45, 7) is 4.28. The molecule has 0 aromatic heterocycles. The van der Waals surface area contributed by atoms with Crippen molar-refractivity contribution in [2.24, 2.45) is 5.92 Å². The van der Waals surface area contributed by atoms with Gasteiger partial charge in [0.1, 0.15) is 5.82 Å². The molecule has 1 aromatic rings. The lowest BCUT2D eigenvalue weighted by Gasteiger charge is -2.33. The Morgan fingerprint density at radius 2 is 2.13 bits per heavy atom. The number of benzene rings is 1. The SMILES string of the molecule is Cc1ccc(NC(=O)C(C)N(C)CC2CCCCC2O)c(F)c1. The molecule has 128 valence electrons. The van der Waals surface area contributed by atoms with Crippen LogP contribution in [0, 0.1) is 18.7 Å². The number of nitrogens with zero attached hydrogens (tertiary/aromatic N) is 1. The zero-order chi connectivity index (χ0) is 17.0. The van der Waals surface area contributed by atoms with Crippen molar-refractivity contribution in [2.45, 2.75) is 51.7 Å². The van der Waals surface area contributed by atoms with Crippen LogP contribution in [0.25, 0.3) is 0 Å². The molecule has 0 aliphatic heterocycles. The highest BCUT2D eigenvalue weighted by molar-refractivity contribution is 5.94. The molecule has 1 amide bonds. The summed E-state index contributed by atoms with van der Waals surface area (Å²) < 4.78 is 13.8. The standard InChI is InChI=1S/C18H27FN2O2/c1-12-8-9-16(15(19)10-12)20-18(23)13(2)21(3)11-14-6-4-5-7-17(14)22/h8-10,13-14,17,22H,4-7,11H2,1-3H3,(H,20,23). The Bertz CT molecular complexity index is 550. The van der Waals surface area contributed by atoms with E-state index in [1.165, 1.54) is 6.07 Å². The first-order valence-corrected chi connectivity index (χ1v) is 8.34. The minimum atomic E-state index is -0.420. The van der Waals surface area contributed by atoms with E-state index in [-0.39, 0.29) is 29.7 Å². The maximum Gasteiger partial charge on any atom is 0.241 e. The van der Waals surface area contributed by atoms with Gasteiger partial charge in [0.25, 0.3) is 0 Å². The number of carbonyl (C=O) groups excluding carboxylic acids is 1. The summed E-state index contributed by atoms with van der Waals surface area (Å²) >= 11 is 0. The Morgan fingerprint density at radius 1 is 1.43 bits per heavy atom. The smallest absolute Gasteiger partial charge is 0.241 e. The number of likely N-dealkylation sites (N-methyl/N-ethyl adjacent to an activating group) is 1. The van der Waals surface area contributed by atoms with Gasteiger partial charge < -0.3 is 10.4 Å². The molecule has 2 rings (SSSR count). The maximum atomic E-state index is 13.8. The van der Waals surface area contributed by atoms with Gasteiger partial charge in [-0.05, 0) is 57.4 Å². The van der Waals surface area contributed by atoms with Crippen LogP contribution in [-0.4, -0.2) is 41.7 Å². The first kappa shape index (κ1) is 17.9. The van der Waals surface area contributed by atoms with E-state index in [4.69, 9.17) is 0 Å². The third kappa shape index (κ3) is 4.75. The van der Waals surface area contributed by atoms with E-state index in [2.05, 4.69) is 5.32 Å². The van der Waals surface area contributed by atoms with Crippen LogP contribution in [0.3, 0.4) is 0 Å². The van der Waals surface area contributed by atoms with E-state index < -0.39 is 5.82 Å². The highest BCUT2D eigenvalue weighted by atomic mass is 19.1. The molecule has 2 N–H and O–H groups in total. The van der Waals surface area contributed by atoms with Crippen LogP contribution in [0.15, 0.2) is 18.2 Å². The van der Waals surface area contributed by atoms with Gasteiger partial charge in [-0.15, -0.1) is 0 Å². The van der Waals surface area contributed by atoms with Crippen LogP contribution in [0.1, 0.15) is 38.2 Å². The first-order chi connectivity index (χ1) is 10.9. The van der Waals surface area contributed by atoms with Crippen LogP contribution in [-0.2, 0) is 4.79 Å². The summed E-state index contributed by atoms with van der Waals surface area (Å²) in [6, 6.07) is 4.37. The van der Waals surface area contributed by atoms with Crippen LogP contribution < -0.4 is 5.32 Å². The van der Waals surface area contributed by atoms with E-state index in [1.807, 2.05) is 11.9 Å². The average Bonchev–Trinajstić information content (AvgIpc) is 2.51. The van der Waals surface area contributed by atoms with Gasteiger partial charge in [0.05, 0.1) is 17.8 Å². The van der Waals surface area contributed by atoms with Gasteiger partial charge >= 0.3 is 0 Å². The van der Waals surface area contributed by atoms with Gasteiger partial charge in [0, 0.05) is 6.54 Å². The average molecular weight is 322 g/mol. The molecule has 0 radical (unpaired) electrons. The molecule has 4 nitrogen and oxygen atoms in total. The van der Waals surface area contributed by atoms with E-state index in [0.717, 1.165) is 31.2 Å². The molecule has 0 heterocycles. The largest absolute Gasteiger partial charge is 0.393 e. The number of aliphatic hydroxyl groups excluding tert-OH is 1. The van der Waals surface area contributed by atoms with Gasteiger partial charge in [0.2, 0.25) is 5.91 Å². The molecule has 3 unspecified atom stereocenters. The summed E-state index contributed by atoms with van der Waals surface area (Å²) in [5, 5.41) is 12.7. The Morgan fingerprint density at radius 3 is 2.78 bits per heavy atom. The molecule has 1 aromatic carbocycles. The number of hydrogen-bond acceptors (Lipinski definition) is 3. The van der Waals surface area contributed by atoms with Crippen LogP contribution in [0.5, 0.6) is 0 Å². The summed E-state index contributed by atoms with van der Waals surface area (Å²) in [5.74, 6) is -0.448. The molecule has 1 fully saturated rings. The van der Waals surface area contributed by atoms with E-state index >= 15 is 0 Å². The number of hydrogen-bond donors (Lipinski definition) is 2. The van der Waals surface area contributed by atoms with Crippen molar-refractivity contribution in [1.82, 2.24) is 4.90 Å². The Labute approximate surface area is 137 Å². The van der Waals surface area contributed by atoms with Gasteiger partial charge in [0.15, 0.2) is 0 Å². The van der Waals surface area contributed by atoms with E-state index in [0.29, 0.717) is 6.54 Å². The van der Waals surface area contributed by atoms with Crippen molar-refractivity contribution >= 4 is 11.6 Å². The molecular weight excluding hydrogens is 295 g/mol. The van der Waals surface area contributed by atoms with Crippen molar-refractivity contribution in [3.8, 4) is 0 Å². The Balaban J connectivity index is 1.92. The molecule has 0 saturated heterocycles. The molecule has 5 heteroatoms. The summed E-state index contributed by atoms with van der Waals surface area (Å²) in [5.41, 5.74) is 1.02. The second-order valence-corrected chi connectivity index (χ2v) is 6.70. The second-order valence-electron chi connectivity index (χ2n) is 6.70. The Hall–Kier alpha value is -1.46. The van der Waals surface area contributed by atoms with Crippen LogP contribution in [0.2, 0.25) is 0 Å². The van der Waals surface area contributed by atoms with Gasteiger partial charge in [-0.3, -0.25) is 9.69 Å². The zero-order valence-corrected chi connectivity index (χ0v) is 14.2. The molecule has 0 bridgehead atoms. The predicted octanol–water partition coefficient (Wildman–Crippen LogP) is 2.94. The third-order valence-corrected chi connectivity index (χ3v) is 4.81. The van der Waals surface area contributed by atoms with Gasteiger partial charge in [-0.25, -0.2) is 4.39 Å². The van der Waals surface area contributed by atoms with Crippen molar-refractivity contribution in [1.29, 1.82) is 0 Å². The molecule has 1 saturated carbocycles. The highest BCUT2D eigenvalue weighted by Crippen LogP contribution is 2.25. The summed E-state index contributed by atoms with van der Waals surface area (Å²) in [6.07, 6.45) is 3.76. The number of aryl methyl sites for hydroxylation is 1. The van der Waals surface area contributed by atoms with E-state index in [1.54, 1.807) is 26.0 Å². The first-order valence-electron chi connectivity index (χ1n) is 8.34. The zero-order valence-electron chi connectivity index (χ0n) is 14.2. The lowest BCUT2D eigenvalue weighted by Crippen LogP contribution is -2.44. The second kappa shape index (κ2) is 7.88. The summed E-state index contributed by atoms with van der Waals surface area (Å²) in [4.78, 5) is 14.3. The fraction of sp³-hybridized carbons (Fsp3) is 0.611. The lowest BCUT2D eigenvalue weighted by atomic mass is 9.86. The van der Waals surface area contributed by atoms with Crippen molar-refractivity contribution in [3.05, 3.63) is 29.6 Å². The monoisotopic (exact) mass is 322 g/mol. The van der Waals surface area contributed by atoms with Crippen molar-refractivity contribution in [2.75, 3.05) is 18.9 Å². The number of aliphatic hydroxyl groups is 1. The molecule has 1 aliphatic carbocycles. The van der Waals surface area contributed by atoms with Crippen molar-refractivity contribution < 1.29 is 14.3 Å². The number of halogens is 1. The van der Waals surface area contributed by atoms with E-state index in [9.17, 15) is 14.3 Å². The summed E-state index contributed by atoms with van der Waals surface area (Å²) in [7, 11) is 1.87. The minimum Gasteiger partial charge on any atom is -0.393 e. The molecule has 1 aliphatic rings. The highest BCUT2D eigenvalue weighted by Gasteiger charge is 2.27. The quantitative estimate of drug-likeness (QED) is 0.876. The lowest BCUT2D eigenvalue weighted by molar-refractivity contribution is -0.120. The van der Waals surface area contributed by atoms with Crippen LogP contribution >= 0.6 is 0 Å². The molecule has 0 spiro atoms. The third-order valence-electron chi connectivity index (χ3n) is 4.81. The number of anilines is 1. The van der Waals surface area contributed by atoms with Gasteiger partial charge in [-0.2, -0.15) is 0 Å². The molecule has 3 atom stereocenters. The topological polar surface area (TPSA) is 52.6 Å². The van der Waals surface area contributed by atoms with Gasteiger partial charge in [-0.1, -0.05) is 18.9 Å². The van der Waals surface area contributed by atoms with Crippen LogP contribution in [0.4, 0.5) is 10.1 Å². The van der Waals surface area contributed by atoms with Crippen molar-refractivity contribution in [3.63, 3.8) is 0 Å². The maximum absolute atomic E-state index is 13.8. The fourth-order valence-corrected chi connectivity index (χ4v) is 3.09. The molecule has 23 heavy (non-hydrogen) atoms. The number of carbonyl (C=O) groups is 1. The number of amides is 1. The number of rotatable bonds is 5. The predicted molar refractivity (Wildman–Crippen MR) is 89.8 cm³/mol. The fourth-order valence-electron chi connectivity index (χ4n) is 3.09. The molecular formula is C18H27FN2O2. The number of nitrogens with one attached hydrogen (secondary N) is 1.